The van der Waals surface area contributed by atoms with Gasteiger partial charge in [-0.05, 0) is 36.4 Å². The molecule has 2 aromatic heterocycles. The number of hydrogen-bond donors (Lipinski definition) is 2. The Bertz CT molecular complexity index is 893. The number of furan rings is 1. The van der Waals surface area contributed by atoms with Crippen LogP contribution in [0.5, 0.6) is 0 Å². The van der Waals surface area contributed by atoms with Crippen molar-refractivity contribution in [2.45, 2.75) is 12.7 Å². The van der Waals surface area contributed by atoms with Gasteiger partial charge in [-0.2, -0.15) is 13.2 Å². The van der Waals surface area contributed by atoms with Gasteiger partial charge >= 0.3 is 6.18 Å². The van der Waals surface area contributed by atoms with Gasteiger partial charge < -0.3 is 15.1 Å². The van der Waals surface area contributed by atoms with E-state index >= 15 is 0 Å². The average molecular weight is 361 g/mol. The summed E-state index contributed by atoms with van der Waals surface area (Å²) in [6.45, 7) is 0.410. The van der Waals surface area contributed by atoms with Gasteiger partial charge in [-0.15, -0.1) is 0 Å². The Balaban J connectivity index is 1.69. The van der Waals surface area contributed by atoms with Crippen LogP contribution in [0.2, 0.25) is 0 Å². The van der Waals surface area contributed by atoms with Crippen LogP contribution in [0.15, 0.2) is 65.5 Å². The van der Waals surface area contributed by atoms with Crippen molar-refractivity contribution in [3.63, 3.8) is 0 Å². The Kier molecular flexibility index (Phi) is 4.92. The maximum absolute atomic E-state index is 12.7. The lowest BCUT2D eigenvalue weighted by Crippen LogP contribution is -2.14. The van der Waals surface area contributed by atoms with Gasteiger partial charge in [0.2, 0.25) is 0 Å². The number of anilines is 2. The lowest BCUT2D eigenvalue weighted by atomic mass is 10.2. The topological polar surface area (TPSA) is 67.2 Å². The van der Waals surface area contributed by atoms with Crippen molar-refractivity contribution in [3.05, 3.63) is 78.0 Å². The van der Waals surface area contributed by atoms with Crippen LogP contribution in [0.3, 0.4) is 0 Å². The maximum Gasteiger partial charge on any atom is 0.416 e. The Morgan fingerprint density at radius 1 is 1.08 bits per heavy atom. The second-order valence-corrected chi connectivity index (χ2v) is 5.43. The fraction of sp³-hybridized carbons (Fsp3) is 0.111. The molecule has 3 aromatic rings. The van der Waals surface area contributed by atoms with E-state index in [1.807, 2.05) is 0 Å². The Morgan fingerprint density at radius 2 is 1.92 bits per heavy atom. The molecule has 0 spiro atoms. The molecule has 0 aliphatic carbocycles. The molecule has 0 aliphatic heterocycles. The van der Waals surface area contributed by atoms with E-state index in [4.69, 9.17) is 4.42 Å². The molecule has 8 heteroatoms. The van der Waals surface area contributed by atoms with Gasteiger partial charge in [-0.3, -0.25) is 9.78 Å². The first-order chi connectivity index (χ1) is 12.4. The third kappa shape index (κ3) is 4.41. The first kappa shape index (κ1) is 17.5. The van der Waals surface area contributed by atoms with E-state index in [9.17, 15) is 18.0 Å². The molecule has 3 rings (SSSR count). The molecule has 0 aliphatic rings. The maximum atomic E-state index is 12.7. The number of pyridine rings is 1. The minimum atomic E-state index is -4.47. The molecule has 0 fully saturated rings. The fourth-order valence-corrected chi connectivity index (χ4v) is 2.24. The molecule has 0 atom stereocenters. The van der Waals surface area contributed by atoms with Gasteiger partial charge in [-0.1, -0.05) is 6.07 Å². The summed E-state index contributed by atoms with van der Waals surface area (Å²) in [6, 6.07) is 9.55. The second-order valence-electron chi connectivity index (χ2n) is 5.43. The highest BCUT2D eigenvalue weighted by molar-refractivity contribution is 6.04. The minimum absolute atomic E-state index is 0.0544. The van der Waals surface area contributed by atoms with Crippen LogP contribution in [0, 0.1) is 0 Å². The largest absolute Gasteiger partial charge is 0.467 e. The molecule has 2 N–H and O–H groups in total. The van der Waals surface area contributed by atoms with Crippen molar-refractivity contribution in [3.8, 4) is 0 Å². The van der Waals surface area contributed by atoms with Gasteiger partial charge in [0.25, 0.3) is 5.91 Å². The number of carbonyl (C=O) groups excluding carboxylic acids is 1. The quantitative estimate of drug-likeness (QED) is 0.699. The summed E-state index contributed by atoms with van der Waals surface area (Å²) in [4.78, 5) is 16.3. The number of rotatable bonds is 5. The van der Waals surface area contributed by atoms with E-state index in [1.165, 1.54) is 24.5 Å². The highest BCUT2D eigenvalue weighted by Crippen LogP contribution is 2.30. The van der Waals surface area contributed by atoms with Crippen LogP contribution in [0.25, 0.3) is 0 Å². The summed E-state index contributed by atoms with van der Waals surface area (Å²) >= 11 is 0. The molecule has 0 unspecified atom stereocenters. The number of nitrogens with zero attached hydrogens (tertiary/aromatic N) is 1. The molecule has 26 heavy (non-hydrogen) atoms. The smallest absolute Gasteiger partial charge is 0.416 e. The number of alkyl halides is 3. The molecule has 0 saturated carbocycles. The van der Waals surface area contributed by atoms with Crippen molar-refractivity contribution in [2.75, 3.05) is 10.6 Å². The minimum Gasteiger partial charge on any atom is -0.467 e. The normalized spacial score (nSPS) is 11.2. The fourth-order valence-electron chi connectivity index (χ4n) is 2.24. The van der Waals surface area contributed by atoms with Crippen LogP contribution < -0.4 is 10.6 Å². The molecular formula is C18H14F3N3O2. The van der Waals surface area contributed by atoms with E-state index < -0.39 is 17.6 Å². The zero-order valence-corrected chi connectivity index (χ0v) is 13.4. The average Bonchev–Trinajstić information content (AvgIpc) is 3.13. The summed E-state index contributed by atoms with van der Waals surface area (Å²) in [6.07, 6.45) is -0.0583. The Labute approximate surface area is 146 Å². The molecule has 2 heterocycles. The zero-order valence-electron chi connectivity index (χ0n) is 13.4. The van der Waals surface area contributed by atoms with E-state index in [0.29, 0.717) is 18.0 Å². The van der Waals surface area contributed by atoms with Gasteiger partial charge in [0.1, 0.15) is 5.76 Å². The monoisotopic (exact) mass is 361 g/mol. The highest BCUT2D eigenvalue weighted by Gasteiger charge is 2.30. The van der Waals surface area contributed by atoms with Gasteiger partial charge in [0.15, 0.2) is 0 Å². The first-order valence-corrected chi connectivity index (χ1v) is 7.62. The molecule has 1 amide bonds. The van der Waals surface area contributed by atoms with Crippen molar-refractivity contribution >= 4 is 17.3 Å². The number of nitrogens with one attached hydrogen (secondary N) is 2. The third-order valence-electron chi connectivity index (χ3n) is 3.50. The SMILES string of the molecule is O=C(Nc1cccc(C(F)(F)F)c1)c1cncc(NCc2ccco2)c1. The van der Waals surface area contributed by atoms with E-state index in [0.717, 1.165) is 12.1 Å². The number of aromatic nitrogens is 1. The second kappa shape index (κ2) is 7.30. The van der Waals surface area contributed by atoms with Crippen molar-refractivity contribution in [2.24, 2.45) is 0 Å². The van der Waals surface area contributed by atoms with E-state index in [1.54, 1.807) is 24.5 Å². The molecular weight excluding hydrogens is 347 g/mol. The lowest BCUT2D eigenvalue weighted by molar-refractivity contribution is -0.137. The van der Waals surface area contributed by atoms with Crippen molar-refractivity contribution in [1.29, 1.82) is 0 Å². The number of carbonyl (C=O) groups is 1. The molecule has 134 valence electrons. The van der Waals surface area contributed by atoms with Crippen molar-refractivity contribution in [1.82, 2.24) is 4.98 Å². The number of hydrogen-bond acceptors (Lipinski definition) is 4. The van der Waals surface area contributed by atoms with Crippen LogP contribution >= 0.6 is 0 Å². The molecule has 1 aromatic carbocycles. The van der Waals surface area contributed by atoms with Gasteiger partial charge in [0, 0.05) is 18.1 Å². The van der Waals surface area contributed by atoms with Gasteiger partial charge in [0.05, 0.1) is 29.6 Å². The third-order valence-corrected chi connectivity index (χ3v) is 3.50. The van der Waals surface area contributed by atoms with E-state index in [2.05, 4.69) is 15.6 Å². The molecule has 5 nitrogen and oxygen atoms in total. The molecule has 0 saturated heterocycles. The first-order valence-electron chi connectivity index (χ1n) is 7.62. The summed E-state index contributed by atoms with van der Waals surface area (Å²) in [5.74, 6) is 0.155. The molecule has 0 bridgehead atoms. The van der Waals surface area contributed by atoms with Crippen molar-refractivity contribution < 1.29 is 22.4 Å². The van der Waals surface area contributed by atoms with Crippen LogP contribution in [0.4, 0.5) is 24.5 Å². The summed E-state index contributed by atoms with van der Waals surface area (Å²) in [7, 11) is 0. The predicted octanol–water partition coefficient (Wildman–Crippen LogP) is 4.56. The zero-order chi connectivity index (χ0) is 18.6. The highest BCUT2D eigenvalue weighted by atomic mass is 19.4. The number of halogens is 3. The van der Waals surface area contributed by atoms with Gasteiger partial charge in [-0.25, -0.2) is 0 Å². The number of amides is 1. The summed E-state index contributed by atoms with van der Waals surface area (Å²) < 4.78 is 43.4. The summed E-state index contributed by atoms with van der Waals surface area (Å²) in [5, 5.41) is 5.49. The Hall–Kier alpha value is -3.29. The van der Waals surface area contributed by atoms with Crippen LogP contribution in [-0.4, -0.2) is 10.9 Å². The number of benzene rings is 1. The van der Waals surface area contributed by atoms with Crippen LogP contribution in [-0.2, 0) is 12.7 Å². The predicted molar refractivity (Wildman–Crippen MR) is 89.7 cm³/mol. The van der Waals surface area contributed by atoms with Crippen LogP contribution in [0.1, 0.15) is 21.7 Å². The van der Waals surface area contributed by atoms with E-state index in [-0.39, 0.29) is 11.3 Å². The Morgan fingerprint density at radius 3 is 2.65 bits per heavy atom. The lowest BCUT2D eigenvalue weighted by Gasteiger charge is -2.10. The molecule has 0 radical (unpaired) electrons. The standard InChI is InChI=1S/C18H14F3N3O2/c19-18(20,21)13-3-1-4-14(8-13)24-17(25)12-7-15(10-22-9-12)23-11-16-5-2-6-26-16/h1-10,23H,11H2,(H,24,25). The summed E-state index contributed by atoms with van der Waals surface area (Å²) in [5.41, 5.74) is 0.0195.